The number of aliphatic hydroxyl groups is 1. The van der Waals surface area contributed by atoms with Crippen LogP contribution in [0, 0.1) is 0 Å². The average Bonchev–Trinajstić information content (AvgIpc) is 2.37. The summed E-state index contributed by atoms with van der Waals surface area (Å²) in [5.74, 6) is 0. The van der Waals surface area contributed by atoms with Crippen LogP contribution < -0.4 is 0 Å². The van der Waals surface area contributed by atoms with E-state index in [9.17, 15) is 5.11 Å². The minimum absolute atomic E-state index is 0.247. The Balaban J connectivity index is 4.70. The summed E-state index contributed by atoms with van der Waals surface area (Å²) in [6, 6.07) is 0. The van der Waals surface area contributed by atoms with Crippen molar-refractivity contribution in [2.75, 3.05) is 6.61 Å². The summed E-state index contributed by atoms with van der Waals surface area (Å²) in [6.45, 7) is 11.3. The predicted octanol–water partition coefficient (Wildman–Crippen LogP) is 4.92. The van der Waals surface area contributed by atoms with Crippen LogP contribution in [0.2, 0.25) is 15.8 Å². The van der Waals surface area contributed by atoms with Gasteiger partial charge in [-0.05, 0) is 0 Å². The van der Waals surface area contributed by atoms with Crippen molar-refractivity contribution in [3.63, 3.8) is 0 Å². The minimum atomic E-state index is -1.98. The number of hydrogen-bond donors (Lipinski definition) is 1. The molecule has 0 fully saturated rings. The molecule has 0 unspecified atom stereocenters. The first-order chi connectivity index (χ1) is 8.16. The summed E-state index contributed by atoms with van der Waals surface area (Å²) < 4.78 is 1.26. The third-order valence-corrected chi connectivity index (χ3v) is 15.7. The van der Waals surface area contributed by atoms with Gasteiger partial charge in [-0.3, -0.25) is 0 Å². The fraction of sp³-hybridized carbons (Fsp3) is 0.867. The summed E-state index contributed by atoms with van der Waals surface area (Å²) in [5.41, 5.74) is 0. The Labute approximate surface area is 111 Å². The van der Waals surface area contributed by atoms with E-state index in [2.05, 4.69) is 27.4 Å². The Kier molecular flexibility index (Phi) is 10.3. The van der Waals surface area contributed by atoms with E-state index in [1.165, 1.54) is 58.7 Å². The van der Waals surface area contributed by atoms with Crippen molar-refractivity contribution in [2.45, 2.75) is 75.1 Å². The molecule has 0 radical (unpaired) electrons. The van der Waals surface area contributed by atoms with E-state index in [4.69, 9.17) is 0 Å². The molecule has 0 saturated heterocycles. The molecule has 102 valence electrons. The first-order valence-corrected chi connectivity index (χ1v) is 13.0. The molecule has 0 bridgehead atoms. The third kappa shape index (κ3) is 6.10. The molecule has 0 atom stereocenters. The quantitative estimate of drug-likeness (QED) is 0.537. The van der Waals surface area contributed by atoms with Crippen LogP contribution in [0.5, 0.6) is 0 Å². The SMILES string of the molecule is C=[C](CO)[Ge]([CH2]CCC)([CH2]CCC)[CH2]CCC. The summed E-state index contributed by atoms with van der Waals surface area (Å²) in [6.07, 6.45) is 7.86. The molecule has 0 aromatic heterocycles. The zero-order valence-corrected chi connectivity index (χ0v) is 14.3. The Bertz CT molecular complexity index is 179. The van der Waals surface area contributed by atoms with Crippen LogP contribution in [0.15, 0.2) is 11.0 Å². The number of unbranched alkanes of at least 4 members (excludes halogenated alkanes) is 3. The first-order valence-electron chi connectivity index (χ1n) is 7.46. The van der Waals surface area contributed by atoms with Crippen molar-refractivity contribution in [3.05, 3.63) is 11.0 Å². The molecule has 0 rings (SSSR count). The Morgan fingerprint density at radius 2 is 1.24 bits per heavy atom. The van der Waals surface area contributed by atoms with Crippen LogP contribution in [0.1, 0.15) is 59.3 Å². The second-order valence-electron chi connectivity index (χ2n) is 5.35. The molecule has 0 saturated carbocycles. The Morgan fingerprint density at radius 1 is 0.882 bits per heavy atom. The van der Waals surface area contributed by atoms with E-state index in [0.717, 1.165) is 0 Å². The van der Waals surface area contributed by atoms with Crippen molar-refractivity contribution in [1.82, 2.24) is 0 Å². The van der Waals surface area contributed by atoms with Crippen LogP contribution in [0.25, 0.3) is 0 Å². The van der Waals surface area contributed by atoms with Gasteiger partial charge in [0.2, 0.25) is 0 Å². The van der Waals surface area contributed by atoms with Gasteiger partial charge in [0.1, 0.15) is 0 Å². The molecule has 1 N–H and O–H groups in total. The molecule has 1 nitrogen and oxygen atoms in total. The normalized spacial score (nSPS) is 11.8. The van der Waals surface area contributed by atoms with Gasteiger partial charge in [-0.15, -0.1) is 0 Å². The van der Waals surface area contributed by atoms with Crippen LogP contribution >= 0.6 is 0 Å². The maximum absolute atomic E-state index is 9.52. The molecule has 17 heavy (non-hydrogen) atoms. The number of hydrogen-bond acceptors (Lipinski definition) is 1. The van der Waals surface area contributed by atoms with Gasteiger partial charge in [-0.1, -0.05) is 0 Å². The fourth-order valence-electron chi connectivity index (χ4n) is 2.62. The van der Waals surface area contributed by atoms with E-state index in [-0.39, 0.29) is 6.61 Å². The van der Waals surface area contributed by atoms with Crippen LogP contribution in [0.4, 0.5) is 0 Å². The van der Waals surface area contributed by atoms with Gasteiger partial charge in [0.15, 0.2) is 0 Å². The van der Waals surface area contributed by atoms with Gasteiger partial charge < -0.3 is 0 Å². The molecule has 0 aliphatic carbocycles. The van der Waals surface area contributed by atoms with Crippen molar-refractivity contribution in [1.29, 1.82) is 0 Å². The van der Waals surface area contributed by atoms with Gasteiger partial charge in [0.05, 0.1) is 0 Å². The third-order valence-electron chi connectivity index (χ3n) is 3.97. The number of aliphatic hydroxyl groups excluding tert-OH is 1. The molecular formula is C15H32GeO. The van der Waals surface area contributed by atoms with Gasteiger partial charge in [0.25, 0.3) is 0 Å². The van der Waals surface area contributed by atoms with Crippen molar-refractivity contribution in [3.8, 4) is 0 Å². The molecule has 0 aromatic rings. The van der Waals surface area contributed by atoms with E-state index < -0.39 is 13.3 Å². The number of rotatable bonds is 11. The monoisotopic (exact) mass is 302 g/mol. The first kappa shape index (κ1) is 17.2. The summed E-state index contributed by atoms with van der Waals surface area (Å²) in [5, 5.41) is 13.7. The van der Waals surface area contributed by atoms with E-state index in [1.807, 2.05) is 0 Å². The predicted molar refractivity (Wildman–Crippen MR) is 81.1 cm³/mol. The van der Waals surface area contributed by atoms with Crippen LogP contribution in [-0.4, -0.2) is 25.0 Å². The van der Waals surface area contributed by atoms with Crippen molar-refractivity contribution in [2.24, 2.45) is 0 Å². The fourth-order valence-corrected chi connectivity index (χ4v) is 13.6. The Hall–Kier alpha value is 0.243. The molecule has 0 spiro atoms. The molecule has 0 amide bonds. The zero-order valence-electron chi connectivity index (χ0n) is 12.2. The molecular weight excluding hydrogens is 269 g/mol. The van der Waals surface area contributed by atoms with E-state index >= 15 is 0 Å². The zero-order chi connectivity index (χ0) is 13.1. The van der Waals surface area contributed by atoms with Gasteiger partial charge >= 0.3 is 111 Å². The van der Waals surface area contributed by atoms with E-state index in [1.54, 1.807) is 0 Å². The molecule has 2 heteroatoms. The van der Waals surface area contributed by atoms with Crippen LogP contribution in [-0.2, 0) is 0 Å². The maximum atomic E-state index is 9.52. The van der Waals surface area contributed by atoms with Gasteiger partial charge in [-0.2, -0.15) is 0 Å². The topological polar surface area (TPSA) is 20.2 Å². The summed E-state index contributed by atoms with van der Waals surface area (Å²) in [7, 11) is 0. The van der Waals surface area contributed by atoms with E-state index in [0.29, 0.717) is 0 Å². The molecule has 0 aliphatic heterocycles. The molecule has 0 aliphatic rings. The standard InChI is InChI=1S/C15H32GeO/c1-5-8-11-16(12-9-6-2,13-10-7-3)15(4)14-17/h17H,4-14H2,1-3H3. The van der Waals surface area contributed by atoms with Gasteiger partial charge in [-0.25, -0.2) is 0 Å². The molecule has 0 aromatic carbocycles. The Morgan fingerprint density at radius 3 is 1.47 bits per heavy atom. The summed E-state index contributed by atoms with van der Waals surface area (Å²) >= 11 is -1.98. The molecule has 0 heterocycles. The van der Waals surface area contributed by atoms with Crippen molar-refractivity contribution < 1.29 is 5.11 Å². The average molecular weight is 301 g/mol. The van der Waals surface area contributed by atoms with Crippen LogP contribution in [0.3, 0.4) is 0 Å². The van der Waals surface area contributed by atoms with Gasteiger partial charge in [0, 0.05) is 0 Å². The summed E-state index contributed by atoms with van der Waals surface area (Å²) in [4.78, 5) is 0. The second-order valence-corrected chi connectivity index (χ2v) is 15.4. The second kappa shape index (κ2) is 10.2. The van der Waals surface area contributed by atoms with Crippen molar-refractivity contribution >= 4 is 13.3 Å².